The van der Waals surface area contributed by atoms with Crippen LogP contribution in [0, 0.1) is 6.92 Å². The lowest BCUT2D eigenvalue weighted by Gasteiger charge is -2.34. The summed E-state index contributed by atoms with van der Waals surface area (Å²) in [5.41, 5.74) is 2.57. The third-order valence-corrected chi connectivity index (χ3v) is 8.26. The number of anilines is 1. The molecule has 0 fully saturated rings. The van der Waals surface area contributed by atoms with Gasteiger partial charge in [0.05, 0.1) is 11.9 Å². The van der Waals surface area contributed by atoms with Crippen LogP contribution in [0.15, 0.2) is 72.8 Å². The highest BCUT2D eigenvalue weighted by Crippen LogP contribution is 2.26. The van der Waals surface area contributed by atoms with Crippen molar-refractivity contribution in [1.29, 1.82) is 0 Å². The van der Waals surface area contributed by atoms with Gasteiger partial charge < -0.3 is 10.2 Å². The maximum absolute atomic E-state index is 14.1. The Balaban J connectivity index is 2.07. The van der Waals surface area contributed by atoms with E-state index < -0.39 is 28.5 Å². The summed E-state index contributed by atoms with van der Waals surface area (Å²) in [4.78, 5) is 29.2. The van der Waals surface area contributed by atoms with Gasteiger partial charge in [0.25, 0.3) is 0 Å². The second-order valence-electron chi connectivity index (χ2n) is 9.87. The molecule has 7 nitrogen and oxygen atoms in total. The van der Waals surface area contributed by atoms with E-state index in [0.29, 0.717) is 27.7 Å². The molecule has 10 heteroatoms. The Morgan fingerprint density at radius 1 is 0.925 bits per heavy atom. The van der Waals surface area contributed by atoms with Crippen LogP contribution in [0.5, 0.6) is 0 Å². The van der Waals surface area contributed by atoms with Crippen molar-refractivity contribution in [3.05, 3.63) is 99.5 Å². The van der Waals surface area contributed by atoms with Gasteiger partial charge >= 0.3 is 0 Å². The normalized spacial score (nSPS) is 12.8. The zero-order chi connectivity index (χ0) is 29.4. The molecule has 0 heterocycles. The number of hydrogen-bond acceptors (Lipinski definition) is 4. The molecule has 0 unspecified atom stereocenters. The lowest BCUT2D eigenvalue weighted by molar-refractivity contribution is -0.140. The number of amides is 2. The number of carbonyl (C=O) groups is 2. The molecule has 0 spiro atoms. The molecule has 40 heavy (non-hydrogen) atoms. The van der Waals surface area contributed by atoms with Gasteiger partial charge in [0, 0.05) is 29.1 Å². The van der Waals surface area contributed by atoms with E-state index in [0.717, 1.165) is 21.7 Å². The Morgan fingerprint density at radius 2 is 1.55 bits per heavy atom. The standard InChI is InChI=1S/C30H35Cl2N3O4S/c1-5-22(3)33-30(37)28(18-23-9-7-6-8-10-23)34(19-24-11-13-25(31)14-12-24)29(36)20-35(40(4,38)39)27-16-15-26(32)17-21(27)2/h6-17,22,28H,5,18-20H2,1-4H3,(H,33,37)/t22-,28+/m1/s1. The third kappa shape index (κ3) is 8.71. The van der Waals surface area contributed by atoms with Crippen LogP contribution < -0.4 is 9.62 Å². The van der Waals surface area contributed by atoms with Gasteiger partial charge in [0.2, 0.25) is 21.8 Å². The van der Waals surface area contributed by atoms with Gasteiger partial charge in [0.15, 0.2) is 0 Å². The molecule has 3 aromatic carbocycles. The van der Waals surface area contributed by atoms with Crippen molar-refractivity contribution in [3.8, 4) is 0 Å². The lowest BCUT2D eigenvalue weighted by atomic mass is 10.0. The number of carbonyl (C=O) groups excluding carboxylic acids is 2. The molecule has 0 bridgehead atoms. The van der Waals surface area contributed by atoms with Gasteiger partial charge in [-0.05, 0) is 67.3 Å². The average Bonchev–Trinajstić information content (AvgIpc) is 2.90. The Labute approximate surface area is 247 Å². The van der Waals surface area contributed by atoms with E-state index in [-0.39, 0.29) is 24.9 Å². The van der Waals surface area contributed by atoms with Crippen LogP contribution in [-0.2, 0) is 32.6 Å². The van der Waals surface area contributed by atoms with E-state index in [2.05, 4.69) is 5.32 Å². The minimum atomic E-state index is -3.86. The van der Waals surface area contributed by atoms with Crippen molar-refractivity contribution < 1.29 is 18.0 Å². The van der Waals surface area contributed by atoms with Gasteiger partial charge in [-0.25, -0.2) is 8.42 Å². The number of hydrogen-bond donors (Lipinski definition) is 1. The van der Waals surface area contributed by atoms with Crippen LogP contribution in [0.1, 0.15) is 37.0 Å². The van der Waals surface area contributed by atoms with E-state index in [1.54, 1.807) is 49.4 Å². The monoisotopic (exact) mass is 603 g/mol. The predicted molar refractivity (Wildman–Crippen MR) is 162 cm³/mol. The summed E-state index contributed by atoms with van der Waals surface area (Å²) in [7, 11) is -3.86. The summed E-state index contributed by atoms with van der Waals surface area (Å²) in [6, 6.07) is 20.2. The minimum absolute atomic E-state index is 0.0820. The first-order valence-electron chi connectivity index (χ1n) is 13.0. The predicted octanol–water partition coefficient (Wildman–Crippen LogP) is 5.62. The highest BCUT2D eigenvalue weighted by molar-refractivity contribution is 7.92. The second kappa shape index (κ2) is 14.0. The zero-order valence-corrected chi connectivity index (χ0v) is 25.4. The molecule has 0 aliphatic rings. The fraction of sp³-hybridized carbons (Fsp3) is 0.333. The number of benzene rings is 3. The number of halogens is 2. The summed E-state index contributed by atoms with van der Waals surface area (Å²) in [5.74, 6) is -0.830. The molecule has 1 N–H and O–H groups in total. The number of aryl methyl sites for hydroxylation is 1. The van der Waals surface area contributed by atoms with Gasteiger partial charge in [-0.3, -0.25) is 13.9 Å². The molecule has 0 aromatic heterocycles. The fourth-order valence-corrected chi connectivity index (χ4v) is 5.53. The molecular formula is C30H35Cl2N3O4S. The van der Waals surface area contributed by atoms with Crippen molar-refractivity contribution in [3.63, 3.8) is 0 Å². The maximum Gasteiger partial charge on any atom is 0.244 e. The van der Waals surface area contributed by atoms with Gasteiger partial charge in [-0.15, -0.1) is 0 Å². The van der Waals surface area contributed by atoms with Crippen LogP contribution in [0.3, 0.4) is 0 Å². The third-order valence-electron chi connectivity index (χ3n) is 6.65. The fourth-order valence-electron chi connectivity index (χ4n) is 4.28. The Bertz CT molecular complexity index is 1420. The second-order valence-corrected chi connectivity index (χ2v) is 12.7. The van der Waals surface area contributed by atoms with Crippen molar-refractivity contribution in [2.24, 2.45) is 0 Å². The first kappa shape index (κ1) is 31.5. The molecule has 0 radical (unpaired) electrons. The van der Waals surface area contributed by atoms with Crippen LogP contribution in [0.2, 0.25) is 10.0 Å². The highest BCUT2D eigenvalue weighted by atomic mass is 35.5. The van der Waals surface area contributed by atoms with E-state index in [1.165, 1.54) is 4.90 Å². The van der Waals surface area contributed by atoms with Gasteiger partial charge in [-0.1, -0.05) is 72.6 Å². The SMILES string of the molecule is CC[C@@H](C)NC(=O)[C@H](Cc1ccccc1)N(Cc1ccc(Cl)cc1)C(=O)CN(c1ccc(Cl)cc1C)S(C)(=O)=O. The van der Waals surface area contributed by atoms with E-state index in [9.17, 15) is 18.0 Å². The number of nitrogens with one attached hydrogen (secondary N) is 1. The summed E-state index contributed by atoms with van der Waals surface area (Å²) >= 11 is 12.2. The lowest BCUT2D eigenvalue weighted by Crippen LogP contribution is -2.54. The largest absolute Gasteiger partial charge is 0.352 e. The zero-order valence-electron chi connectivity index (χ0n) is 23.1. The number of sulfonamides is 1. The van der Waals surface area contributed by atoms with Crippen LogP contribution in [0.25, 0.3) is 0 Å². The van der Waals surface area contributed by atoms with E-state index in [1.807, 2.05) is 44.2 Å². The molecule has 0 aliphatic carbocycles. The van der Waals surface area contributed by atoms with E-state index in [4.69, 9.17) is 23.2 Å². The molecule has 214 valence electrons. The van der Waals surface area contributed by atoms with Crippen molar-refractivity contribution in [2.45, 2.75) is 52.2 Å². The summed E-state index contributed by atoms with van der Waals surface area (Å²) in [5, 5.41) is 4.00. The number of nitrogens with zero attached hydrogens (tertiary/aromatic N) is 2. The summed E-state index contributed by atoms with van der Waals surface area (Å²) < 4.78 is 26.9. The highest BCUT2D eigenvalue weighted by Gasteiger charge is 2.33. The Morgan fingerprint density at radius 3 is 2.12 bits per heavy atom. The maximum atomic E-state index is 14.1. The van der Waals surface area contributed by atoms with Crippen molar-refractivity contribution in [1.82, 2.24) is 10.2 Å². The van der Waals surface area contributed by atoms with Crippen LogP contribution in [-0.4, -0.2) is 50.0 Å². The van der Waals surface area contributed by atoms with Crippen LogP contribution in [0.4, 0.5) is 5.69 Å². The molecule has 3 aromatic rings. The van der Waals surface area contributed by atoms with E-state index >= 15 is 0 Å². The smallest absolute Gasteiger partial charge is 0.244 e. The van der Waals surface area contributed by atoms with Gasteiger partial charge in [-0.2, -0.15) is 0 Å². The van der Waals surface area contributed by atoms with Crippen molar-refractivity contribution in [2.75, 3.05) is 17.1 Å². The quantitative estimate of drug-likeness (QED) is 0.291. The van der Waals surface area contributed by atoms with Crippen LogP contribution >= 0.6 is 23.2 Å². The minimum Gasteiger partial charge on any atom is -0.352 e. The molecular weight excluding hydrogens is 569 g/mol. The molecule has 2 amide bonds. The number of rotatable bonds is 12. The Hall–Kier alpha value is -3.07. The topological polar surface area (TPSA) is 86.8 Å². The molecule has 0 saturated carbocycles. The average molecular weight is 605 g/mol. The molecule has 3 rings (SSSR count). The first-order chi connectivity index (χ1) is 18.9. The molecule has 2 atom stereocenters. The summed E-state index contributed by atoms with van der Waals surface area (Å²) in [6.45, 7) is 5.19. The molecule has 0 saturated heterocycles. The molecule has 0 aliphatic heterocycles. The first-order valence-corrected chi connectivity index (χ1v) is 15.6. The van der Waals surface area contributed by atoms with Gasteiger partial charge in [0.1, 0.15) is 12.6 Å². The Kier molecular flexibility index (Phi) is 11.0. The van der Waals surface area contributed by atoms with Crippen molar-refractivity contribution >= 4 is 50.7 Å². The summed E-state index contributed by atoms with van der Waals surface area (Å²) in [6.07, 6.45) is 2.02.